The first kappa shape index (κ1) is 37.4. The number of halogens is 8. The van der Waals surface area contributed by atoms with Gasteiger partial charge in [-0.3, -0.25) is 28.2 Å². The van der Waals surface area contributed by atoms with Crippen LogP contribution in [0.15, 0.2) is 41.5 Å². The van der Waals surface area contributed by atoms with Crippen LogP contribution in [0.2, 0.25) is 5.02 Å². The summed E-state index contributed by atoms with van der Waals surface area (Å²) in [6.07, 6.45) is -3.65. The molecule has 4 aromatic heterocycles. The molecule has 0 bridgehead atoms. The Hall–Kier alpha value is -5.51. The summed E-state index contributed by atoms with van der Waals surface area (Å²) < 4.78 is 132. The Kier molecular flexibility index (Phi) is 8.35. The number of carbonyl (C=O) groups is 1. The molecular weight excluding hydrogens is 801 g/mol. The molecule has 2 aliphatic carbocycles. The van der Waals surface area contributed by atoms with Crippen molar-refractivity contribution >= 4 is 55.4 Å². The number of hydrogen-bond acceptors (Lipinski definition) is 8. The Morgan fingerprint density at radius 1 is 1.09 bits per heavy atom. The second-order valence-electron chi connectivity index (χ2n) is 13.7. The summed E-state index contributed by atoms with van der Waals surface area (Å²) in [4.78, 5) is 37.1. The lowest BCUT2D eigenvalue weighted by molar-refractivity contribution is -0.142. The Balaban J connectivity index is 1.31. The molecule has 3 atom stereocenters. The van der Waals surface area contributed by atoms with Gasteiger partial charge in [0.05, 0.1) is 40.2 Å². The maximum absolute atomic E-state index is 15.3. The average Bonchev–Trinajstić information content (AvgIpc) is 3.37. The van der Waals surface area contributed by atoms with E-state index < -0.39 is 93.0 Å². The predicted molar refractivity (Wildman–Crippen MR) is 185 cm³/mol. The quantitative estimate of drug-likeness (QED) is 0.196. The van der Waals surface area contributed by atoms with Gasteiger partial charge in [0.25, 0.3) is 11.5 Å². The van der Waals surface area contributed by atoms with Crippen molar-refractivity contribution in [3.05, 3.63) is 92.0 Å². The number of rotatable bonds is 9. The molecule has 4 heterocycles. The van der Waals surface area contributed by atoms with E-state index in [2.05, 4.69) is 30.2 Å². The fourth-order valence-electron chi connectivity index (χ4n) is 7.51. The van der Waals surface area contributed by atoms with Crippen molar-refractivity contribution in [2.24, 2.45) is 20.0 Å². The van der Waals surface area contributed by atoms with Crippen LogP contribution in [0, 0.1) is 17.6 Å². The molecule has 2 aliphatic rings. The number of imidazole rings is 1. The number of nitrogens with zero attached hydrogens (tertiary/aromatic N) is 8. The van der Waals surface area contributed by atoms with Crippen LogP contribution < -0.4 is 15.6 Å². The maximum Gasteiger partial charge on any atom is 0.435 e. The SMILES string of the molecule is Cn1cnc2nc([C@H](Cc3cc(F)cc(F)c3)NC(=O)Cn3nc(C(F)(F)F)c4c3C(F)(F)[C@@H]3C[C@H]43)n(-c3ccc(Cl)c4c(NS(C)(=O)=O)nn(C)c34)c(=O)c21. The van der Waals surface area contributed by atoms with Crippen molar-refractivity contribution < 1.29 is 43.9 Å². The molecule has 0 aliphatic heterocycles. The molecule has 1 amide bonds. The summed E-state index contributed by atoms with van der Waals surface area (Å²) >= 11 is 6.53. The fourth-order valence-corrected chi connectivity index (χ4v) is 8.24. The summed E-state index contributed by atoms with van der Waals surface area (Å²) in [5.74, 6) is -9.91. The molecule has 8 rings (SSSR count). The van der Waals surface area contributed by atoms with Gasteiger partial charge < -0.3 is 9.88 Å². The van der Waals surface area contributed by atoms with Crippen molar-refractivity contribution in [2.45, 2.75) is 43.4 Å². The third kappa shape index (κ3) is 6.14. The van der Waals surface area contributed by atoms with E-state index in [4.69, 9.17) is 11.6 Å². The Morgan fingerprint density at radius 3 is 2.45 bits per heavy atom. The maximum atomic E-state index is 15.3. The smallest absolute Gasteiger partial charge is 0.344 e. The minimum Gasteiger partial charge on any atom is -0.344 e. The Labute approximate surface area is 314 Å². The van der Waals surface area contributed by atoms with Crippen molar-refractivity contribution in [2.75, 3.05) is 11.0 Å². The molecule has 0 radical (unpaired) electrons. The molecule has 1 saturated carbocycles. The highest BCUT2D eigenvalue weighted by Gasteiger charge is 2.68. The highest BCUT2D eigenvalue weighted by Crippen LogP contribution is 2.68. The highest BCUT2D eigenvalue weighted by atomic mass is 35.5. The van der Waals surface area contributed by atoms with Gasteiger partial charge in [-0.15, -0.1) is 0 Å². The van der Waals surface area contributed by atoms with Crippen LogP contribution in [0.25, 0.3) is 27.8 Å². The van der Waals surface area contributed by atoms with Gasteiger partial charge >= 0.3 is 6.18 Å². The van der Waals surface area contributed by atoms with Crippen LogP contribution in [0.3, 0.4) is 0 Å². The molecule has 23 heteroatoms. The van der Waals surface area contributed by atoms with Gasteiger partial charge in [0, 0.05) is 38.1 Å². The Morgan fingerprint density at radius 2 is 1.79 bits per heavy atom. The normalized spacial score (nSPS) is 18.0. The second kappa shape index (κ2) is 12.5. The van der Waals surface area contributed by atoms with Gasteiger partial charge in [0.15, 0.2) is 22.7 Å². The number of alkyl halides is 5. The zero-order valence-corrected chi connectivity index (χ0v) is 30.5. The van der Waals surface area contributed by atoms with E-state index in [1.54, 1.807) is 0 Å². The highest BCUT2D eigenvalue weighted by molar-refractivity contribution is 7.92. The monoisotopic (exact) mass is 826 g/mol. The molecule has 14 nitrogen and oxygen atoms in total. The number of aromatic nitrogens is 8. The summed E-state index contributed by atoms with van der Waals surface area (Å²) in [6, 6.07) is 3.56. The number of fused-ring (bicyclic) bond motifs is 5. The standard InChI is InChI=1S/C33H26ClF7N10O4S/c1-48-12-42-29-25(48)31(53)51(20-5-4-18(34)23-24(20)49(2)46-28(23)47-56(3,54)55)30(44-29)19(8-13-6-14(35)9-15(36)7-13)43-21(52)11-50-27-22(26(45-50)33(39,40)41)16-10-17(16)32(27,37)38/h4-7,9,12,16-17,19H,8,10-11H2,1-3H3,(H,43,52)(H,46,47)/t16-,17+,19-/m0/s1. The first-order valence-electron chi connectivity index (χ1n) is 16.5. The van der Waals surface area contributed by atoms with E-state index in [1.165, 1.54) is 41.8 Å². The van der Waals surface area contributed by atoms with Crippen LogP contribution in [0.4, 0.5) is 36.6 Å². The van der Waals surface area contributed by atoms with Gasteiger partial charge in [0.2, 0.25) is 15.9 Å². The van der Waals surface area contributed by atoms with E-state index in [1.807, 2.05) is 0 Å². The van der Waals surface area contributed by atoms with E-state index in [9.17, 15) is 40.0 Å². The minimum absolute atomic E-state index is 0.00618. The van der Waals surface area contributed by atoms with Gasteiger partial charge in [-0.1, -0.05) is 11.6 Å². The molecule has 294 valence electrons. The van der Waals surface area contributed by atoms with Crippen molar-refractivity contribution in [3.63, 3.8) is 0 Å². The lowest BCUT2D eigenvalue weighted by Crippen LogP contribution is -2.38. The largest absolute Gasteiger partial charge is 0.435 e. The lowest BCUT2D eigenvalue weighted by atomic mass is 10.0. The van der Waals surface area contributed by atoms with Crippen molar-refractivity contribution in [1.82, 2.24) is 44.0 Å². The van der Waals surface area contributed by atoms with Crippen LogP contribution in [-0.4, -0.2) is 59.2 Å². The number of carbonyl (C=O) groups excluding carboxylic acids is 1. The number of benzene rings is 2. The molecule has 0 saturated heterocycles. The molecule has 0 unspecified atom stereocenters. The van der Waals surface area contributed by atoms with E-state index in [-0.39, 0.29) is 56.4 Å². The second-order valence-corrected chi connectivity index (χ2v) is 15.9. The molecule has 56 heavy (non-hydrogen) atoms. The lowest BCUT2D eigenvalue weighted by Gasteiger charge is -2.23. The van der Waals surface area contributed by atoms with Crippen molar-refractivity contribution in [3.8, 4) is 5.69 Å². The van der Waals surface area contributed by atoms with Gasteiger partial charge in [-0.25, -0.2) is 27.2 Å². The van der Waals surface area contributed by atoms with E-state index in [0.717, 1.165) is 23.0 Å². The summed E-state index contributed by atoms with van der Waals surface area (Å²) in [5, 5.41) is 10.2. The summed E-state index contributed by atoms with van der Waals surface area (Å²) in [6.45, 7) is -1.15. The first-order chi connectivity index (χ1) is 26.1. The Bertz CT molecular complexity index is 2810. The fraction of sp³-hybridized carbons (Fsp3) is 0.333. The third-order valence-corrected chi connectivity index (χ3v) is 10.6. The molecule has 0 spiro atoms. The molecule has 2 aromatic carbocycles. The van der Waals surface area contributed by atoms with Crippen LogP contribution >= 0.6 is 11.6 Å². The van der Waals surface area contributed by atoms with Crippen LogP contribution in [-0.2, 0) is 54.0 Å². The van der Waals surface area contributed by atoms with E-state index in [0.29, 0.717) is 10.7 Å². The number of nitrogens with one attached hydrogen (secondary N) is 2. The minimum atomic E-state index is -5.10. The van der Waals surface area contributed by atoms with Crippen LogP contribution in [0.5, 0.6) is 0 Å². The molecule has 6 aromatic rings. The van der Waals surface area contributed by atoms with Gasteiger partial charge in [-0.05, 0) is 42.2 Å². The topological polar surface area (TPSA) is 164 Å². The summed E-state index contributed by atoms with van der Waals surface area (Å²) in [7, 11) is -0.998. The van der Waals surface area contributed by atoms with Crippen molar-refractivity contribution in [1.29, 1.82) is 0 Å². The number of sulfonamides is 1. The summed E-state index contributed by atoms with van der Waals surface area (Å²) in [5.41, 5.74) is -4.29. The predicted octanol–water partition coefficient (Wildman–Crippen LogP) is 4.83. The molecule has 2 N–H and O–H groups in total. The number of amides is 1. The van der Waals surface area contributed by atoms with Gasteiger partial charge in [0.1, 0.15) is 29.7 Å². The zero-order chi connectivity index (χ0) is 40.4. The zero-order valence-electron chi connectivity index (χ0n) is 29.0. The number of anilines is 1. The first-order valence-corrected chi connectivity index (χ1v) is 18.8. The van der Waals surface area contributed by atoms with E-state index >= 15 is 8.78 Å². The molecule has 1 fully saturated rings. The number of hydrogen-bond donors (Lipinski definition) is 2. The number of aryl methyl sites for hydroxylation is 2. The average molecular weight is 827 g/mol. The third-order valence-electron chi connectivity index (χ3n) is 9.71. The van der Waals surface area contributed by atoms with Gasteiger partial charge in [-0.2, -0.15) is 32.1 Å². The van der Waals surface area contributed by atoms with Crippen LogP contribution in [0.1, 0.15) is 46.7 Å². The molecular formula is C33H26ClF7N10O4S.